The number of guanidine groups is 1. The minimum Gasteiger partial charge on any atom is -0.475 e. The summed E-state index contributed by atoms with van der Waals surface area (Å²) in [6, 6.07) is 8.63. The zero-order valence-corrected chi connectivity index (χ0v) is 24.8. The van der Waals surface area contributed by atoms with Crippen molar-refractivity contribution in [2.24, 2.45) is 33.7 Å². The summed E-state index contributed by atoms with van der Waals surface area (Å²) >= 11 is 0. The van der Waals surface area contributed by atoms with E-state index in [9.17, 15) is 27.6 Å². The van der Waals surface area contributed by atoms with Gasteiger partial charge in [0.25, 0.3) is 0 Å². The number of carbonyl (C=O) groups is 4. The van der Waals surface area contributed by atoms with E-state index in [0.29, 0.717) is 36.9 Å². The number of amides is 3. The molecular weight excluding hydrogens is 613 g/mol. The molecule has 46 heavy (non-hydrogen) atoms. The number of pyridine rings is 1. The van der Waals surface area contributed by atoms with Gasteiger partial charge in [-0.15, -0.1) is 0 Å². The van der Waals surface area contributed by atoms with Crippen molar-refractivity contribution in [1.82, 2.24) is 15.6 Å². The van der Waals surface area contributed by atoms with Crippen molar-refractivity contribution in [2.75, 3.05) is 13.1 Å². The highest BCUT2D eigenvalue weighted by Crippen LogP contribution is 2.22. The number of nitrogens with two attached hydrogens (primary N) is 5. The predicted octanol–water partition coefficient (Wildman–Crippen LogP) is -0.427. The van der Waals surface area contributed by atoms with Gasteiger partial charge >= 0.3 is 12.1 Å². The summed E-state index contributed by atoms with van der Waals surface area (Å²) in [5, 5.41) is 20.2. The van der Waals surface area contributed by atoms with E-state index in [1.165, 1.54) is 0 Å². The molecule has 0 spiro atoms. The van der Waals surface area contributed by atoms with E-state index in [1.54, 1.807) is 48.8 Å². The number of benzene rings is 1. The molecule has 2 rings (SSSR count). The van der Waals surface area contributed by atoms with Crippen molar-refractivity contribution in [3.8, 4) is 0 Å². The molecule has 14 N–H and O–H groups in total. The minimum atomic E-state index is -5.08. The maximum atomic E-state index is 13.6. The number of primary amides is 1. The first kappa shape index (κ1) is 38.8. The maximum absolute atomic E-state index is 13.6. The van der Waals surface area contributed by atoms with E-state index in [4.69, 9.17) is 44.0 Å². The Morgan fingerprint density at radius 1 is 0.935 bits per heavy atom. The lowest BCUT2D eigenvalue weighted by Gasteiger charge is -2.24. The van der Waals surface area contributed by atoms with Gasteiger partial charge in [0.2, 0.25) is 17.7 Å². The molecule has 252 valence electrons. The van der Waals surface area contributed by atoms with Crippen LogP contribution in [0.25, 0.3) is 0 Å². The lowest BCUT2D eigenvalue weighted by Crippen LogP contribution is -2.53. The van der Waals surface area contributed by atoms with Crippen LogP contribution in [-0.2, 0) is 25.6 Å². The third-order valence-corrected chi connectivity index (χ3v) is 6.29. The Bertz CT molecular complexity index is 1340. The molecule has 0 saturated heterocycles. The largest absolute Gasteiger partial charge is 0.490 e. The van der Waals surface area contributed by atoms with E-state index < -0.39 is 42.0 Å². The Balaban J connectivity index is 0.00000135. The molecule has 18 heteroatoms. The van der Waals surface area contributed by atoms with Crippen LogP contribution in [0.4, 0.5) is 13.2 Å². The third kappa shape index (κ3) is 14.5. The van der Waals surface area contributed by atoms with Gasteiger partial charge in [-0.25, -0.2) is 4.79 Å². The second-order valence-electron chi connectivity index (χ2n) is 9.86. The number of aliphatic imine (C=N–C) groups is 1. The van der Waals surface area contributed by atoms with Crippen molar-refractivity contribution < 1.29 is 37.5 Å². The summed E-state index contributed by atoms with van der Waals surface area (Å²) in [5.41, 5.74) is 29.4. The fourth-order valence-electron chi connectivity index (χ4n) is 3.92. The highest BCUT2D eigenvalue weighted by Gasteiger charge is 2.38. The second-order valence-corrected chi connectivity index (χ2v) is 9.86. The van der Waals surface area contributed by atoms with Crippen LogP contribution in [0.1, 0.15) is 48.3 Å². The molecule has 1 heterocycles. The smallest absolute Gasteiger partial charge is 0.475 e. The molecule has 0 saturated carbocycles. The first-order valence-corrected chi connectivity index (χ1v) is 13.9. The lowest BCUT2D eigenvalue weighted by molar-refractivity contribution is -0.192. The molecule has 15 nitrogen and oxygen atoms in total. The Labute approximate surface area is 262 Å². The zero-order valence-electron chi connectivity index (χ0n) is 24.8. The number of aromatic nitrogens is 1. The van der Waals surface area contributed by atoms with Gasteiger partial charge in [0.05, 0.1) is 5.92 Å². The van der Waals surface area contributed by atoms with Crippen molar-refractivity contribution in [1.29, 1.82) is 5.41 Å². The van der Waals surface area contributed by atoms with Gasteiger partial charge in [0.15, 0.2) is 5.96 Å². The van der Waals surface area contributed by atoms with Crippen LogP contribution >= 0.6 is 0 Å². The third-order valence-electron chi connectivity index (χ3n) is 6.29. The Morgan fingerprint density at radius 3 is 2.00 bits per heavy atom. The molecule has 2 aromatic rings. The topological polar surface area (TPSA) is 292 Å². The van der Waals surface area contributed by atoms with Gasteiger partial charge in [0, 0.05) is 24.5 Å². The molecule has 1 aromatic heterocycles. The maximum Gasteiger partial charge on any atom is 0.490 e. The number of nitrogens with one attached hydrogen (secondary N) is 3. The second kappa shape index (κ2) is 19.2. The Hall–Kier alpha value is -5.26. The van der Waals surface area contributed by atoms with Crippen LogP contribution in [0.3, 0.4) is 0 Å². The number of aliphatic carboxylic acids is 1. The first-order chi connectivity index (χ1) is 21.6. The van der Waals surface area contributed by atoms with Crippen LogP contribution < -0.4 is 39.3 Å². The molecule has 0 unspecified atom stereocenters. The molecule has 3 atom stereocenters. The van der Waals surface area contributed by atoms with E-state index in [0.717, 1.165) is 5.56 Å². The molecule has 0 aliphatic rings. The number of hydrogen-bond donors (Lipinski definition) is 9. The fraction of sp³-hybridized carbons (Fsp3) is 0.393. The number of nitrogen functional groups attached to an aromatic ring is 1. The summed E-state index contributed by atoms with van der Waals surface area (Å²) in [4.78, 5) is 55.6. The number of amidine groups is 1. The van der Waals surface area contributed by atoms with E-state index in [-0.39, 0.29) is 37.1 Å². The molecule has 1 aromatic carbocycles. The molecule has 3 amide bonds. The van der Waals surface area contributed by atoms with Crippen LogP contribution in [0, 0.1) is 5.41 Å². The standard InChI is InChI=1S/C26H38N10O3.C2HF3O2/c27-11-1-5-21(25(39)35-20(23(30)37)6-3-13-34-26(31)32)36-24(38)19(18-4-2-12-33-15-18)14-16-7-9-17(10-8-16)22(28)29;3-2(4,5)1(6)7/h2,4,7-10,12,15,19-21H,1,3,5-6,11,13-14,27H2,(H3,28,29)(H2,30,37)(H,35,39)(H,36,38)(H4,31,32,34);(H,6,7)/t19-,20+,21+;/m1./s1. The normalized spacial score (nSPS) is 12.7. The molecule has 0 bridgehead atoms. The fourth-order valence-corrected chi connectivity index (χ4v) is 3.92. The number of alkyl halides is 3. The number of halogens is 3. The van der Waals surface area contributed by atoms with Crippen molar-refractivity contribution in [3.63, 3.8) is 0 Å². The average Bonchev–Trinajstić information content (AvgIpc) is 2.99. The van der Waals surface area contributed by atoms with Crippen molar-refractivity contribution in [3.05, 3.63) is 65.5 Å². The van der Waals surface area contributed by atoms with Crippen molar-refractivity contribution in [2.45, 2.75) is 56.3 Å². The average molecular weight is 653 g/mol. The summed E-state index contributed by atoms with van der Waals surface area (Å²) < 4.78 is 31.7. The molecule has 0 fully saturated rings. The summed E-state index contributed by atoms with van der Waals surface area (Å²) in [7, 11) is 0. The SMILES string of the molecule is N=C(N)c1ccc(C[C@@H](C(=O)N[C@@H](CCCN)C(=O)N[C@@H](CCCN=C(N)N)C(N)=O)c2cccnc2)cc1.O=C(O)C(F)(F)F. The number of carboxylic acids is 1. The Morgan fingerprint density at radius 2 is 1.52 bits per heavy atom. The first-order valence-electron chi connectivity index (χ1n) is 13.9. The lowest BCUT2D eigenvalue weighted by atomic mass is 9.91. The summed E-state index contributed by atoms with van der Waals surface area (Å²) in [6.07, 6.45) is -0.191. The van der Waals surface area contributed by atoms with Crippen LogP contribution in [0.2, 0.25) is 0 Å². The minimum absolute atomic E-state index is 0.0534. The van der Waals surface area contributed by atoms with Crippen LogP contribution in [0.5, 0.6) is 0 Å². The van der Waals surface area contributed by atoms with Crippen LogP contribution in [-0.4, -0.2) is 76.9 Å². The molecular formula is C28H39F3N10O5. The quantitative estimate of drug-likeness (QED) is 0.0640. The predicted molar refractivity (Wildman–Crippen MR) is 163 cm³/mol. The number of nitrogens with zero attached hydrogens (tertiary/aromatic N) is 2. The summed E-state index contributed by atoms with van der Waals surface area (Å²) in [6.45, 7) is 0.585. The molecule has 0 radical (unpaired) electrons. The van der Waals surface area contributed by atoms with Gasteiger partial charge in [-0.2, -0.15) is 13.2 Å². The highest BCUT2D eigenvalue weighted by molar-refractivity contribution is 5.95. The van der Waals surface area contributed by atoms with Gasteiger partial charge in [-0.05, 0) is 55.8 Å². The molecule has 0 aliphatic carbocycles. The highest BCUT2D eigenvalue weighted by atomic mass is 19.4. The van der Waals surface area contributed by atoms with Gasteiger partial charge in [-0.1, -0.05) is 30.3 Å². The van der Waals surface area contributed by atoms with E-state index >= 15 is 0 Å². The number of carboxylic acid groups (broad SMARTS) is 1. The van der Waals surface area contributed by atoms with E-state index in [2.05, 4.69) is 20.6 Å². The van der Waals surface area contributed by atoms with Gasteiger partial charge in [0.1, 0.15) is 17.9 Å². The van der Waals surface area contributed by atoms with Crippen molar-refractivity contribution >= 4 is 35.5 Å². The zero-order chi connectivity index (χ0) is 34.9. The van der Waals surface area contributed by atoms with Gasteiger partial charge in [-0.3, -0.25) is 29.8 Å². The monoisotopic (exact) mass is 652 g/mol. The number of rotatable bonds is 16. The summed E-state index contributed by atoms with van der Waals surface area (Å²) in [5.74, 6) is -5.19. The number of carbonyl (C=O) groups excluding carboxylic acids is 3. The Kier molecular flexibility index (Phi) is 16.2. The van der Waals surface area contributed by atoms with Gasteiger partial charge < -0.3 is 44.4 Å². The van der Waals surface area contributed by atoms with Crippen LogP contribution in [0.15, 0.2) is 53.8 Å². The molecule has 0 aliphatic heterocycles. The number of hydrogen-bond acceptors (Lipinski definition) is 8. The van der Waals surface area contributed by atoms with E-state index in [1.807, 2.05) is 0 Å².